The Morgan fingerprint density at radius 1 is 1.60 bits per heavy atom. The summed E-state index contributed by atoms with van der Waals surface area (Å²) in [6.45, 7) is 2.94. The van der Waals surface area contributed by atoms with Crippen molar-refractivity contribution in [1.29, 1.82) is 0 Å². The molecule has 0 spiro atoms. The molecule has 15 heavy (non-hydrogen) atoms. The fourth-order valence-electron chi connectivity index (χ4n) is 1.99. The molecule has 2 heterocycles. The highest BCUT2D eigenvalue weighted by Crippen LogP contribution is 2.27. The predicted molar refractivity (Wildman–Crippen MR) is 56.3 cm³/mol. The van der Waals surface area contributed by atoms with Crippen molar-refractivity contribution in [2.24, 2.45) is 0 Å². The third-order valence-electron chi connectivity index (χ3n) is 2.71. The lowest BCUT2D eigenvalue weighted by atomic mass is 10.1. The van der Waals surface area contributed by atoms with E-state index in [0.717, 1.165) is 18.8 Å². The summed E-state index contributed by atoms with van der Waals surface area (Å²) < 4.78 is 24.7. The van der Waals surface area contributed by atoms with Gasteiger partial charge >= 0.3 is 0 Å². The van der Waals surface area contributed by atoms with Gasteiger partial charge in [0.1, 0.15) is 12.2 Å². The largest absolute Gasteiger partial charge is 0.317 e. The summed E-state index contributed by atoms with van der Waals surface area (Å²) in [5.41, 5.74) is 0. The molecule has 84 valence electrons. The van der Waals surface area contributed by atoms with E-state index in [1.54, 1.807) is 6.33 Å². The van der Waals surface area contributed by atoms with Crippen molar-refractivity contribution in [3.63, 3.8) is 0 Å². The van der Waals surface area contributed by atoms with Crippen LogP contribution in [0.3, 0.4) is 0 Å². The monoisotopic (exact) mass is 229 g/mol. The zero-order chi connectivity index (χ0) is 10.9. The second-order valence-corrected chi connectivity index (χ2v) is 6.21. The molecule has 1 saturated heterocycles. The summed E-state index contributed by atoms with van der Waals surface area (Å²) in [4.78, 5) is 0. The van der Waals surface area contributed by atoms with Gasteiger partial charge in [0, 0.05) is 12.5 Å². The Morgan fingerprint density at radius 2 is 2.40 bits per heavy atom. The highest BCUT2D eigenvalue weighted by Gasteiger charge is 2.31. The molecule has 1 unspecified atom stereocenters. The molecule has 5 nitrogen and oxygen atoms in total. The van der Waals surface area contributed by atoms with Gasteiger partial charge in [0.2, 0.25) is 0 Å². The van der Waals surface area contributed by atoms with Crippen LogP contribution in [0.5, 0.6) is 0 Å². The molecule has 0 bridgehead atoms. The molecule has 1 aliphatic rings. The van der Waals surface area contributed by atoms with Crippen LogP contribution in [0.15, 0.2) is 6.33 Å². The van der Waals surface area contributed by atoms with Gasteiger partial charge in [0.05, 0.1) is 11.5 Å². The fourth-order valence-corrected chi connectivity index (χ4v) is 3.73. The Morgan fingerprint density at radius 3 is 3.00 bits per heavy atom. The van der Waals surface area contributed by atoms with Crippen molar-refractivity contribution >= 4 is 9.84 Å². The molecule has 0 radical (unpaired) electrons. The van der Waals surface area contributed by atoms with Crippen LogP contribution in [-0.2, 0) is 16.4 Å². The third kappa shape index (κ3) is 2.19. The van der Waals surface area contributed by atoms with Crippen LogP contribution in [0.25, 0.3) is 0 Å². The summed E-state index contributed by atoms with van der Waals surface area (Å²) >= 11 is 0. The average molecular weight is 229 g/mol. The lowest BCUT2D eigenvalue weighted by molar-refractivity contribution is 0.588. The summed E-state index contributed by atoms with van der Waals surface area (Å²) in [5.74, 6) is 1.40. The fraction of sp³-hybridized carbons (Fsp3) is 0.778. The van der Waals surface area contributed by atoms with E-state index in [9.17, 15) is 8.42 Å². The summed E-state index contributed by atoms with van der Waals surface area (Å²) in [6, 6.07) is 0. The van der Waals surface area contributed by atoms with Gasteiger partial charge < -0.3 is 4.57 Å². The molecule has 1 aromatic heterocycles. The van der Waals surface area contributed by atoms with Gasteiger partial charge in [-0.05, 0) is 12.8 Å². The van der Waals surface area contributed by atoms with Gasteiger partial charge in [0.15, 0.2) is 9.84 Å². The Bertz CT molecular complexity index is 438. The van der Waals surface area contributed by atoms with Crippen molar-refractivity contribution in [2.75, 3.05) is 11.5 Å². The van der Waals surface area contributed by atoms with Gasteiger partial charge in [-0.3, -0.25) is 0 Å². The van der Waals surface area contributed by atoms with Crippen LogP contribution in [0.2, 0.25) is 0 Å². The van der Waals surface area contributed by atoms with Crippen molar-refractivity contribution < 1.29 is 8.42 Å². The van der Waals surface area contributed by atoms with E-state index in [2.05, 4.69) is 17.1 Å². The number of aromatic nitrogens is 3. The molecular formula is C9H15N3O2S. The zero-order valence-corrected chi connectivity index (χ0v) is 9.57. The molecule has 6 heteroatoms. The SMILES string of the molecule is CCCn1cnnc1C1CCS(=O)(=O)C1. The van der Waals surface area contributed by atoms with E-state index in [1.807, 2.05) is 4.57 Å². The lowest BCUT2D eigenvalue weighted by Crippen LogP contribution is -2.10. The molecule has 1 aromatic rings. The van der Waals surface area contributed by atoms with Crippen LogP contribution in [0.1, 0.15) is 31.5 Å². The minimum Gasteiger partial charge on any atom is -0.317 e. The number of aryl methyl sites for hydroxylation is 1. The highest BCUT2D eigenvalue weighted by atomic mass is 32.2. The standard InChI is InChI=1S/C9H15N3O2S/c1-2-4-12-7-10-11-9(12)8-3-5-15(13,14)6-8/h7-8H,2-6H2,1H3. The minimum absolute atomic E-state index is 0.0454. The molecular weight excluding hydrogens is 214 g/mol. The van der Waals surface area contributed by atoms with Crippen LogP contribution in [0.4, 0.5) is 0 Å². The van der Waals surface area contributed by atoms with Crippen molar-refractivity contribution in [1.82, 2.24) is 14.8 Å². The molecule has 1 atom stereocenters. The molecule has 0 amide bonds. The highest BCUT2D eigenvalue weighted by molar-refractivity contribution is 7.91. The molecule has 2 rings (SSSR count). The molecule has 0 saturated carbocycles. The van der Waals surface area contributed by atoms with Crippen molar-refractivity contribution in [3.8, 4) is 0 Å². The maximum absolute atomic E-state index is 11.3. The van der Waals surface area contributed by atoms with Crippen LogP contribution < -0.4 is 0 Å². The number of nitrogens with zero attached hydrogens (tertiary/aromatic N) is 3. The molecule has 1 aliphatic heterocycles. The van der Waals surface area contributed by atoms with Gasteiger partial charge in [-0.2, -0.15) is 0 Å². The number of sulfone groups is 1. The lowest BCUT2D eigenvalue weighted by Gasteiger charge is -2.08. The van der Waals surface area contributed by atoms with E-state index >= 15 is 0 Å². The Labute approximate surface area is 89.4 Å². The second-order valence-electron chi connectivity index (χ2n) is 3.98. The van der Waals surface area contributed by atoms with Gasteiger partial charge in [-0.15, -0.1) is 10.2 Å². The normalized spacial score (nSPS) is 24.5. The van der Waals surface area contributed by atoms with Crippen molar-refractivity contribution in [2.45, 2.75) is 32.2 Å². The quantitative estimate of drug-likeness (QED) is 0.761. The average Bonchev–Trinajstić information content (AvgIpc) is 2.72. The first kappa shape index (κ1) is 10.6. The molecule has 1 fully saturated rings. The first-order valence-corrected chi connectivity index (χ1v) is 7.02. The smallest absolute Gasteiger partial charge is 0.151 e. The van der Waals surface area contributed by atoms with Crippen molar-refractivity contribution in [3.05, 3.63) is 12.2 Å². The molecule has 0 aromatic carbocycles. The molecule has 0 aliphatic carbocycles. The third-order valence-corrected chi connectivity index (χ3v) is 4.48. The molecule has 0 N–H and O–H groups in total. The number of hydrogen-bond acceptors (Lipinski definition) is 4. The van der Waals surface area contributed by atoms with Crippen LogP contribution in [0, 0.1) is 0 Å². The van der Waals surface area contributed by atoms with Crippen LogP contribution in [-0.4, -0.2) is 34.7 Å². The van der Waals surface area contributed by atoms with E-state index < -0.39 is 9.84 Å². The number of hydrogen-bond donors (Lipinski definition) is 0. The Hall–Kier alpha value is -0.910. The van der Waals surface area contributed by atoms with Gasteiger partial charge in [-0.25, -0.2) is 8.42 Å². The van der Waals surface area contributed by atoms with E-state index in [1.165, 1.54) is 0 Å². The van der Waals surface area contributed by atoms with E-state index in [-0.39, 0.29) is 17.4 Å². The van der Waals surface area contributed by atoms with E-state index in [4.69, 9.17) is 0 Å². The topological polar surface area (TPSA) is 64.8 Å². The number of rotatable bonds is 3. The summed E-state index contributed by atoms with van der Waals surface area (Å²) in [6.07, 6.45) is 3.37. The maximum atomic E-state index is 11.3. The Kier molecular flexibility index (Phi) is 2.77. The first-order chi connectivity index (χ1) is 7.12. The predicted octanol–water partition coefficient (Wildman–Crippen LogP) is 0.590. The van der Waals surface area contributed by atoms with Crippen LogP contribution >= 0.6 is 0 Å². The first-order valence-electron chi connectivity index (χ1n) is 5.20. The summed E-state index contributed by atoms with van der Waals surface area (Å²) in [7, 11) is -2.83. The van der Waals surface area contributed by atoms with E-state index in [0.29, 0.717) is 6.42 Å². The van der Waals surface area contributed by atoms with Gasteiger partial charge in [0.25, 0.3) is 0 Å². The summed E-state index contributed by atoms with van der Waals surface area (Å²) in [5, 5.41) is 7.88. The maximum Gasteiger partial charge on any atom is 0.151 e. The van der Waals surface area contributed by atoms with Gasteiger partial charge in [-0.1, -0.05) is 6.92 Å². The second kappa shape index (κ2) is 3.92. The zero-order valence-electron chi connectivity index (χ0n) is 8.76. The Balaban J connectivity index is 2.20. The minimum atomic E-state index is -2.83.